The first-order valence-corrected chi connectivity index (χ1v) is 5.62. The van der Waals surface area contributed by atoms with E-state index in [1.54, 1.807) is 0 Å². The normalized spacial score (nSPS) is 11.6. The number of ether oxygens (including phenoxy) is 1. The lowest BCUT2D eigenvalue weighted by atomic mass is 10.1. The Balaban J connectivity index is 3.54. The Labute approximate surface area is 100 Å². The second-order valence-corrected chi connectivity index (χ2v) is 3.71. The fourth-order valence-corrected chi connectivity index (χ4v) is 0.980. The first-order valence-electron chi connectivity index (χ1n) is 5.62. The molecule has 2 N–H and O–H groups in total. The number of carbonyl (C=O) groups excluding carboxylic acids is 2. The van der Waals surface area contributed by atoms with Crippen molar-refractivity contribution >= 4 is 17.8 Å². The molecule has 98 valence electrons. The smallest absolute Gasteiger partial charge is 0.306 e. The third kappa shape index (κ3) is 8.24. The zero-order valence-electron chi connectivity index (χ0n) is 10.2. The molecular formula is C11H19NO5. The molecule has 1 atom stereocenters. The number of amides is 1. The second kappa shape index (κ2) is 8.55. The molecule has 0 aromatic heterocycles. The number of esters is 1. The number of nitrogens with one attached hydrogen (secondary N) is 1. The SMILES string of the molecule is CCC(C)C(=O)NCCOC(=O)CCC(=O)O. The first kappa shape index (κ1) is 15.4. The molecular weight excluding hydrogens is 226 g/mol. The zero-order chi connectivity index (χ0) is 13.3. The highest BCUT2D eigenvalue weighted by molar-refractivity contribution is 5.78. The number of rotatable bonds is 8. The molecule has 0 radical (unpaired) electrons. The van der Waals surface area contributed by atoms with E-state index in [1.807, 2.05) is 13.8 Å². The van der Waals surface area contributed by atoms with Crippen LogP contribution in [0.15, 0.2) is 0 Å². The quantitative estimate of drug-likeness (QED) is 0.481. The predicted octanol–water partition coefficient (Wildman–Crippen LogP) is 0.557. The third-order valence-corrected chi connectivity index (χ3v) is 2.27. The van der Waals surface area contributed by atoms with E-state index >= 15 is 0 Å². The Kier molecular flexibility index (Phi) is 7.75. The number of carboxylic acids is 1. The number of aliphatic carboxylic acids is 1. The van der Waals surface area contributed by atoms with Crippen molar-refractivity contribution in [1.82, 2.24) is 5.32 Å². The van der Waals surface area contributed by atoms with Crippen LogP contribution in [0.25, 0.3) is 0 Å². The standard InChI is InChI=1S/C11H19NO5/c1-3-8(2)11(16)12-6-7-17-10(15)5-4-9(13)14/h8H,3-7H2,1-2H3,(H,12,16)(H,13,14). The van der Waals surface area contributed by atoms with Crippen LogP contribution in [0.1, 0.15) is 33.1 Å². The molecule has 0 rings (SSSR count). The average Bonchev–Trinajstić information content (AvgIpc) is 2.30. The van der Waals surface area contributed by atoms with Crippen LogP contribution in [-0.2, 0) is 19.1 Å². The van der Waals surface area contributed by atoms with E-state index in [-0.39, 0.29) is 37.8 Å². The van der Waals surface area contributed by atoms with Crippen LogP contribution in [0.4, 0.5) is 0 Å². The van der Waals surface area contributed by atoms with E-state index < -0.39 is 11.9 Å². The van der Waals surface area contributed by atoms with Gasteiger partial charge in [0.2, 0.25) is 5.91 Å². The fraction of sp³-hybridized carbons (Fsp3) is 0.727. The number of hydrogen-bond donors (Lipinski definition) is 2. The summed E-state index contributed by atoms with van der Waals surface area (Å²) in [4.78, 5) is 32.5. The van der Waals surface area contributed by atoms with Crippen LogP contribution >= 0.6 is 0 Å². The molecule has 0 heterocycles. The Hall–Kier alpha value is -1.59. The summed E-state index contributed by atoms with van der Waals surface area (Å²) in [5.74, 6) is -1.73. The third-order valence-electron chi connectivity index (χ3n) is 2.27. The highest BCUT2D eigenvalue weighted by Crippen LogP contribution is 1.99. The van der Waals surface area contributed by atoms with E-state index in [2.05, 4.69) is 5.32 Å². The number of hydrogen-bond acceptors (Lipinski definition) is 4. The molecule has 0 saturated heterocycles. The van der Waals surface area contributed by atoms with E-state index in [0.717, 1.165) is 6.42 Å². The summed E-state index contributed by atoms with van der Waals surface area (Å²) in [6.07, 6.45) is 0.372. The van der Waals surface area contributed by atoms with Crippen molar-refractivity contribution in [2.45, 2.75) is 33.1 Å². The van der Waals surface area contributed by atoms with Gasteiger partial charge < -0.3 is 15.2 Å². The monoisotopic (exact) mass is 245 g/mol. The molecule has 0 fully saturated rings. The molecule has 0 aliphatic carbocycles. The van der Waals surface area contributed by atoms with Crippen molar-refractivity contribution in [3.63, 3.8) is 0 Å². The lowest BCUT2D eigenvalue weighted by Gasteiger charge is -2.09. The molecule has 6 nitrogen and oxygen atoms in total. The fourth-order valence-electron chi connectivity index (χ4n) is 0.980. The van der Waals surface area contributed by atoms with Crippen LogP contribution in [0.2, 0.25) is 0 Å². The van der Waals surface area contributed by atoms with Crippen molar-refractivity contribution in [2.75, 3.05) is 13.2 Å². The van der Waals surface area contributed by atoms with Gasteiger partial charge in [0.1, 0.15) is 6.61 Å². The lowest BCUT2D eigenvalue weighted by molar-refractivity contribution is -0.147. The van der Waals surface area contributed by atoms with Crippen molar-refractivity contribution in [2.24, 2.45) is 5.92 Å². The molecule has 1 unspecified atom stereocenters. The van der Waals surface area contributed by atoms with Gasteiger partial charge in [-0.05, 0) is 6.42 Å². The van der Waals surface area contributed by atoms with Gasteiger partial charge in [-0.2, -0.15) is 0 Å². The van der Waals surface area contributed by atoms with Gasteiger partial charge in [-0.15, -0.1) is 0 Å². The lowest BCUT2D eigenvalue weighted by Crippen LogP contribution is -2.32. The largest absolute Gasteiger partial charge is 0.481 e. The van der Waals surface area contributed by atoms with Crippen molar-refractivity contribution < 1.29 is 24.2 Å². The van der Waals surface area contributed by atoms with Crippen LogP contribution in [-0.4, -0.2) is 36.1 Å². The minimum Gasteiger partial charge on any atom is -0.481 e. The summed E-state index contributed by atoms with van der Waals surface area (Å²) in [6.45, 7) is 4.05. The van der Waals surface area contributed by atoms with Crippen LogP contribution in [0.3, 0.4) is 0 Å². The first-order chi connectivity index (χ1) is 7.97. The minimum atomic E-state index is -1.04. The van der Waals surface area contributed by atoms with Gasteiger partial charge in [0.05, 0.1) is 19.4 Å². The van der Waals surface area contributed by atoms with Crippen LogP contribution < -0.4 is 5.32 Å². The molecule has 0 aromatic carbocycles. The second-order valence-electron chi connectivity index (χ2n) is 3.71. The van der Waals surface area contributed by atoms with Gasteiger partial charge >= 0.3 is 11.9 Å². The van der Waals surface area contributed by atoms with Gasteiger partial charge in [0, 0.05) is 5.92 Å². The van der Waals surface area contributed by atoms with Gasteiger partial charge in [0.25, 0.3) is 0 Å². The molecule has 0 aromatic rings. The zero-order valence-corrected chi connectivity index (χ0v) is 10.2. The summed E-state index contributed by atoms with van der Waals surface area (Å²) < 4.78 is 4.74. The van der Waals surface area contributed by atoms with Gasteiger partial charge in [-0.1, -0.05) is 13.8 Å². The minimum absolute atomic E-state index is 0.0577. The maximum Gasteiger partial charge on any atom is 0.306 e. The summed E-state index contributed by atoms with van der Waals surface area (Å²) >= 11 is 0. The van der Waals surface area contributed by atoms with Crippen molar-refractivity contribution in [1.29, 1.82) is 0 Å². The van der Waals surface area contributed by atoms with E-state index in [0.29, 0.717) is 0 Å². The predicted molar refractivity (Wildman–Crippen MR) is 60.3 cm³/mol. The molecule has 17 heavy (non-hydrogen) atoms. The highest BCUT2D eigenvalue weighted by Gasteiger charge is 2.10. The van der Waals surface area contributed by atoms with E-state index in [9.17, 15) is 14.4 Å². The summed E-state index contributed by atoms with van der Waals surface area (Å²) in [7, 11) is 0. The van der Waals surface area contributed by atoms with Gasteiger partial charge in [-0.3, -0.25) is 14.4 Å². The molecule has 0 aliphatic rings. The highest BCUT2D eigenvalue weighted by atomic mass is 16.5. The Morgan fingerprint density at radius 1 is 1.29 bits per heavy atom. The Bertz CT molecular complexity index is 277. The van der Waals surface area contributed by atoms with Gasteiger partial charge in [0.15, 0.2) is 0 Å². The maximum absolute atomic E-state index is 11.3. The summed E-state index contributed by atoms with van der Waals surface area (Å²) in [6, 6.07) is 0. The maximum atomic E-state index is 11.3. The molecule has 1 amide bonds. The number of carbonyl (C=O) groups is 3. The molecule has 0 aliphatic heterocycles. The van der Waals surface area contributed by atoms with E-state index in [1.165, 1.54) is 0 Å². The Morgan fingerprint density at radius 3 is 2.47 bits per heavy atom. The van der Waals surface area contributed by atoms with Crippen LogP contribution in [0.5, 0.6) is 0 Å². The Morgan fingerprint density at radius 2 is 1.94 bits per heavy atom. The molecule has 0 saturated carbocycles. The topological polar surface area (TPSA) is 92.7 Å². The number of carboxylic acid groups (broad SMARTS) is 1. The molecule has 0 spiro atoms. The van der Waals surface area contributed by atoms with Crippen LogP contribution in [0, 0.1) is 5.92 Å². The average molecular weight is 245 g/mol. The van der Waals surface area contributed by atoms with Crippen molar-refractivity contribution in [3.8, 4) is 0 Å². The summed E-state index contributed by atoms with van der Waals surface area (Å²) in [5.41, 5.74) is 0. The molecule has 6 heteroatoms. The molecule has 0 bridgehead atoms. The van der Waals surface area contributed by atoms with E-state index in [4.69, 9.17) is 9.84 Å². The van der Waals surface area contributed by atoms with Crippen molar-refractivity contribution in [3.05, 3.63) is 0 Å². The van der Waals surface area contributed by atoms with Gasteiger partial charge in [-0.25, -0.2) is 0 Å². The summed E-state index contributed by atoms with van der Waals surface area (Å²) in [5, 5.41) is 11.0.